The van der Waals surface area contributed by atoms with Gasteiger partial charge in [-0.05, 0) is 27.7 Å². The highest BCUT2D eigenvalue weighted by Crippen LogP contribution is 2.20. The topological polar surface area (TPSA) is 43.4 Å². The third-order valence-electron chi connectivity index (χ3n) is 2.41. The maximum absolute atomic E-state index is 13.5. The number of halogens is 3. The minimum atomic E-state index is -1.39. The number of carbonyl (C=O) groups excluding carboxylic acids is 2. The second-order valence-corrected chi connectivity index (χ2v) is 5.36. The Bertz CT molecular complexity index is 524. The van der Waals surface area contributed by atoms with Gasteiger partial charge in [-0.25, -0.2) is 13.2 Å². The second-order valence-electron chi connectivity index (χ2n) is 5.36. The molecular formula is C14H15F3O3. The molecule has 0 saturated carbocycles. The smallest absolute Gasteiger partial charge is 0.317 e. The van der Waals surface area contributed by atoms with Crippen LogP contribution in [0.1, 0.15) is 38.1 Å². The summed E-state index contributed by atoms with van der Waals surface area (Å²) in [6.45, 7) is 5.97. The minimum absolute atomic E-state index is 0.387. The molecule has 0 saturated heterocycles. The summed E-state index contributed by atoms with van der Waals surface area (Å²) in [7, 11) is 0. The number of Topliss-reactive ketones (excluding diaryl/α,β-unsaturated/α-hetero) is 1. The summed E-state index contributed by atoms with van der Waals surface area (Å²) in [5.74, 6) is -7.20. The monoisotopic (exact) mass is 288 g/mol. The van der Waals surface area contributed by atoms with Crippen LogP contribution >= 0.6 is 0 Å². The van der Waals surface area contributed by atoms with E-state index in [0.29, 0.717) is 12.1 Å². The van der Waals surface area contributed by atoms with E-state index in [4.69, 9.17) is 4.74 Å². The first-order valence-corrected chi connectivity index (χ1v) is 5.94. The molecule has 6 heteroatoms. The van der Waals surface area contributed by atoms with E-state index in [1.807, 2.05) is 0 Å². The molecule has 0 radical (unpaired) electrons. The Morgan fingerprint density at radius 1 is 1.10 bits per heavy atom. The first kappa shape index (κ1) is 16.2. The zero-order valence-electron chi connectivity index (χ0n) is 11.6. The summed E-state index contributed by atoms with van der Waals surface area (Å²) in [6, 6.07) is 0.774. The number of esters is 1. The van der Waals surface area contributed by atoms with Gasteiger partial charge in [0.15, 0.2) is 5.78 Å². The van der Waals surface area contributed by atoms with Gasteiger partial charge in [0.1, 0.15) is 29.0 Å². The minimum Gasteiger partial charge on any atom is -0.459 e. The van der Waals surface area contributed by atoms with Crippen molar-refractivity contribution in [3.05, 3.63) is 35.1 Å². The number of hydrogen-bond donors (Lipinski definition) is 0. The van der Waals surface area contributed by atoms with Gasteiger partial charge < -0.3 is 4.74 Å². The van der Waals surface area contributed by atoms with Crippen LogP contribution < -0.4 is 0 Å². The molecule has 0 amide bonds. The molecule has 1 unspecified atom stereocenters. The molecule has 20 heavy (non-hydrogen) atoms. The lowest BCUT2D eigenvalue weighted by Crippen LogP contribution is -2.32. The van der Waals surface area contributed by atoms with Crippen molar-refractivity contribution < 1.29 is 27.5 Å². The summed E-state index contributed by atoms with van der Waals surface area (Å²) in [5, 5.41) is 0. The Morgan fingerprint density at radius 3 is 1.95 bits per heavy atom. The second kappa shape index (κ2) is 5.64. The highest BCUT2D eigenvalue weighted by molar-refractivity contribution is 6.08. The van der Waals surface area contributed by atoms with Crippen LogP contribution in [-0.2, 0) is 9.53 Å². The van der Waals surface area contributed by atoms with Gasteiger partial charge in [0.05, 0.1) is 5.56 Å². The van der Waals surface area contributed by atoms with Gasteiger partial charge in [0, 0.05) is 12.1 Å². The van der Waals surface area contributed by atoms with Crippen molar-refractivity contribution in [2.45, 2.75) is 33.3 Å². The first-order valence-electron chi connectivity index (χ1n) is 5.94. The molecule has 0 aliphatic rings. The molecule has 1 aromatic rings. The molecule has 0 fully saturated rings. The summed E-state index contributed by atoms with van der Waals surface area (Å²) >= 11 is 0. The summed E-state index contributed by atoms with van der Waals surface area (Å²) in [5.41, 5.74) is -1.77. The molecule has 0 spiro atoms. The summed E-state index contributed by atoms with van der Waals surface area (Å²) < 4.78 is 44.7. The maximum Gasteiger partial charge on any atom is 0.317 e. The third-order valence-corrected chi connectivity index (χ3v) is 2.41. The zero-order valence-corrected chi connectivity index (χ0v) is 11.6. The van der Waals surface area contributed by atoms with Gasteiger partial charge in [-0.2, -0.15) is 0 Å². The van der Waals surface area contributed by atoms with Crippen LogP contribution in [0, 0.1) is 23.4 Å². The van der Waals surface area contributed by atoms with E-state index in [1.165, 1.54) is 6.92 Å². The maximum atomic E-state index is 13.5. The van der Waals surface area contributed by atoms with E-state index in [9.17, 15) is 22.8 Å². The van der Waals surface area contributed by atoms with Crippen molar-refractivity contribution >= 4 is 11.8 Å². The average molecular weight is 288 g/mol. The van der Waals surface area contributed by atoms with E-state index in [-0.39, 0.29) is 0 Å². The number of hydrogen-bond acceptors (Lipinski definition) is 3. The fraction of sp³-hybridized carbons (Fsp3) is 0.429. The number of carbonyl (C=O) groups is 2. The molecule has 0 N–H and O–H groups in total. The van der Waals surface area contributed by atoms with Gasteiger partial charge >= 0.3 is 5.97 Å². The lowest BCUT2D eigenvalue weighted by atomic mass is 9.98. The Labute approximate surface area is 114 Å². The molecule has 1 aromatic carbocycles. The van der Waals surface area contributed by atoms with E-state index in [0.717, 1.165) is 0 Å². The Hall–Kier alpha value is -1.85. The van der Waals surface area contributed by atoms with Gasteiger partial charge in [0.25, 0.3) is 0 Å². The lowest BCUT2D eigenvalue weighted by Gasteiger charge is -2.21. The number of ketones is 1. The quantitative estimate of drug-likeness (QED) is 0.487. The molecule has 0 aliphatic carbocycles. The van der Waals surface area contributed by atoms with Crippen LogP contribution in [0.3, 0.4) is 0 Å². The summed E-state index contributed by atoms with van der Waals surface area (Å²) in [6.07, 6.45) is 0. The fourth-order valence-electron chi connectivity index (χ4n) is 1.49. The molecule has 0 bridgehead atoms. The molecule has 0 aromatic heterocycles. The van der Waals surface area contributed by atoms with E-state index in [1.54, 1.807) is 20.8 Å². The number of benzene rings is 1. The van der Waals surface area contributed by atoms with Crippen molar-refractivity contribution in [3.8, 4) is 0 Å². The zero-order chi connectivity index (χ0) is 15.7. The van der Waals surface area contributed by atoms with Crippen LogP contribution in [-0.4, -0.2) is 17.4 Å². The van der Waals surface area contributed by atoms with Crippen molar-refractivity contribution in [1.29, 1.82) is 0 Å². The van der Waals surface area contributed by atoms with E-state index >= 15 is 0 Å². The van der Waals surface area contributed by atoms with Crippen LogP contribution in [0.25, 0.3) is 0 Å². The van der Waals surface area contributed by atoms with Gasteiger partial charge in [-0.15, -0.1) is 0 Å². The van der Waals surface area contributed by atoms with Crippen molar-refractivity contribution in [1.82, 2.24) is 0 Å². The molecule has 0 heterocycles. The van der Waals surface area contributed by atoms with Gasteiger partial charge in [-0.3, -0.25) is 9.59 Å². The van der Waals surface area contributed by atoms with Crippen molar-refractivity contribution in [2.24, 2.45) is 5.92 Å². The Morgan fingerprint density at radius 2 is 1.55 bits per heavy atom. The highest BCUT2D eigenvalue weighted by atomic mass is 19.1. The number of rotatable bonds is 3. The molecule has 3 nitrogen and oxygen atoms in total. The van der Waals surface area contributed by atoms with E-state index in [2.05, 4.69) is 0 Å². The summed E-state index contributed by atoms with van der Waals surface area (Å²) in [4.78, 5) is 23.6. The highest BCUT2D eigenvalue weighted by Gasteiger charge is 2.31. The SMILES string of the molecule is CC(C(=O)OC(C)(C)C)C(=O)c1c(F)cc(F)cc1F. The molecule has 110 valence electrons. The predicted molar refractivity (Wildman–Crippen MR) is 65.7 cm³/mol. The largest absolute Gasteiger partial charge is 0.459 e. The Balaban J connectivity index is 3.04. The first-order chi connectivity index (χ1) is 9.03. The fourth-order valence-corrected chi connectivity index (χ4v) is 1.49. The van der Waals surface area contributed by atoms with E-state index < -0.39 is 46.3 Å². The molecular weight excluding hydrogens is 273 g/mol. The van der Waals surface area contributed by atoms with Crippen molar-refractivity contribution in [3.63, 3.8) is 0 Å². The average Bonchev–Trinajstić information content (AvgIpc) is 2.23. The molecule has 1 rings (SSSR count). The van der Waals surface area contributed by atoms with Crippen LogP contribution in [0.2, 0.25) is 0 Å². The predicted octanol–water partition coefficient (Wildman–Crippen LogP) is 3.26. The standard InChI is InChI=1S/C14H15F3O3/c1-7(13(19)20-14(2,3)4)12(18)11-9(16)5-8(15)6-10(11)17/h5-7H,1-4H3. The van der Waals surface area contributed by atoms with Crippen LogP contribution in [0.4, 0.5) is 13.2 Å². The van der Waals surface area contributed by atoms with Crippen molar-refractivity contribution in [2.75, 3.05) is 0 Å². The molecule has 0 aliphatic heterocycles. The normalized spacial score (nSPS) is 12.9. The van der Waals surface area contributed by atoms with Crippen LogP contribution in [0.5, 0.6) is 0 Å². The Kier molecular flexibility index (Phi) is 4.57. The van der Waals surface area contributed by atoms with Crippen LogP contribution in [0.15, 0.2) is 12.1 Å². The number of ether oxygens (including phenoxy) is 1. The third kappa shape index (κ3) is 3.82. The lowest BCUT2D eigenvalue weighted by molar-refractivity contribution is -0.157. The molecule has 1 atom stereocenters. The van der Waals surface area contributed by atoms with Gasteiger partial charge in [-0.1, -0.05) is 0 Å². The van der Waals surface area contributed by atoms with Gasteiger partial charge in [0.2, 0.25) is 0 Å².